The molecule has 0 spiro atoms. The number of alkyl halides is 3. The van der Waals surface area contributed by atoms with Crippen LogP contribution in [0.3, 0.4) is 0 Å². The summed E-state index contributed by atoms with van der Waals surface area (Å²) in [5.41, 5.74) is -0.869. The molecule has 1 fully saturated rings. The molecule has 2 heterocycles. The minimum absolute atomic E-state index is 0.0193. The number of halogens is 4. The van der Waals surface area contributed by atoms with Crippen molar-refractivity contribution in [3.05, 3.63) is 22.8 Å². The minimum atomic E-state index is -4.48. The molecule has 162 valence electrons. The number of nitrogens with one attached hydrogen (secondary N) is 3. The van der Waals surface area contributed by atoms with Crippen molar-refractivity contribution in [3.63, 3.8) is 0 Å². The number of nitrogens with zero attached hydrogens (tertiary/aromatic N) is 3. The van der Waals surface area contributed by atoms with Crippen LogP contribution in [0.1, 0.15) is 32.3 Å². The molecule has 2 rings (SSSR count). The largest absolute Gasteiger partial charge is 0.417 e. The first-order valence-electron chi connectivity index (χ1n) is 9.34. The predicted molar refractivity (Wildman–Crippen MR) is 107 cm³/mol. The highest BCUT2D eigenvalue weighted by molar-refractivity contribution is 6.33. The van der Waals surface area contributed by atoms with Gasteiger partial charge in [0.1, 0.15) is 5.82 Å². The highest BCUT2D eigenvalue weighted by Gasteiger charge is 2.33. The Bertz CT molecular complexity index is 741. The monoisotopic (exact) mass is 434 g/mol. The topological polar surface area (TPSA) is 81.6 Å². The highest BCUT2D eigenvalue weighted by atomic mass is 35.5. The Morgan fingerprint density at radius 2 is 2.17 bits per heavy atom. The molecular weight excluding hydrogens is 409 g/mol. The van der Waals surface area contributed by atoms with E-state index in [1.165, 1.54) is 0 Å². The molecule has 1 amide bonds. The number of aliphatic imine (C=N–C) groups is 1. The number of aromatic nitrogens is 1. The zero-order chi connectivity index (χ0) is 21.6. The van der Waals surface area contributed by atoms with E-state index < -0.39 is 11.7 Å². The van der Waals surface area contributed by atoms with Crippen molar-refractivity contribution in [2.24, 2.45) is 4.99 Å². The smallest absolute Gasteiger partial charge is 0.356 e. The van der Waals surface area contributed by atoms with E-state index in [2.05, 4.69) is 25.9 Å². The third-order valence-electron chi connectivity index (χ3n) is 4.30. The number of carbonyl (C=O) groups is 1. The van der Waals surface area contributed by atoms with Gasteiger partial charge in [-0.1, -0.05) is 11.6 Å². The first-order chi connectivity index (χ1) is 13.6. The van der Waals surface area contributed by atoms with E-state index in [1.807, 2.05) is 18.7 Å². The number of guanidine groups is 1. The van der Waals surface area contributed by atoms with Crippen LogP contribution in [0.4, 0.5) is 19.0 Å². The normalized spacial score (nSPS) is 17.6. The Morgan fingerprint density at radius 1 is 1.45 bits per heavy atom. The lowest BCUT2D eigenvalue weighted by Gasteiger charge is -2.21. The van der Waals surface area contributed by atoms with Crippen molar-refractivity contribution >= 4 is 29.3 Å². The number of hydrogen-bond donors (Lipinski definition) is 3. The van der Waals surface area contributed by atoms with Crippen molar-refractivity contribution in [1.82, 2.24) is 20.9 Å². The summed E-state index contributed by atoms with van der Waals surface area (Å²) >= 11 is 6.03. The van der Waals surface area contributed by atoms with Crippen molar-refractivity contribution in [2.45, 2.75) is 44.9 Å². The van der Waals surface area contributed by atoms with Crippen molar-refractivity contribution in [1.29, 1.82) is 0 Å². The molecular formula is C18H26ClF3N6O. The molecule has 0 aliphatic carbocycles. The molecule has 1 unspecified atom stereocenters. The Balaban J connectivity index is 1.86. The zero-order valence-corrected chi connectivity index (χ0v) is 17.4. The Hall–Kier alpha value is -2.23. The summed E-state index contributed by atoms with van der Waals surface area (Å²) in [6.45, 7) is 5.35. The summed E-state index contributed by atoms with van der Waals surface area (Å²) < 4.78 is 38.3. The average molecular weight is 435 g/mol. The van der Waals surface area contributed by atoms with E-state index >= 15 is 0 Å². The maximum atomic E-state index is 12.8. The van der Waals surface area contributed by atoms with Gasteiger partial charge in [-0.3, -0.25) is 9.79 Å². The number of anilines is 1. The van der Waals surface area contributed by atoms with E-state index in [-0.39, 0.29) is 23.0 Å². The molecule has 1 aliphatic rings. The molecule has 0 radical (unpaired) electrons. The second-order valence-electron chi connectivity index (χ2n) is 7.07. The Morgan fingerprint density at radius 3 is 2.76 bits per heavy atom. The van der Waals surface area contributed by atoms with Crippen LogP contribution in [0.15, 0.2) is 17.3 Å². The minimum Gasteiger partial charge on any atom is -0.356 e. The SMILES string of the molecule is CN=C(NCCC(=O)NC(C)C)NC1CCN(c2ncc(C(F)(F)F)cc2Cl)C1. The first-order valence-corrected chi connectivity index (χ1v) is 9.72. The van der Waals surface area contributed by atoms with Gasteiger partial charge in [0.05, 0.1) is 10.6 Å². The lowest BCUT2D eigenvalue weighted by molar-refractivity contribution is -0.137. The number of carbonyl (C=O) groups excluding carboxylic acids is 1. The third-order valence-corrected chi connectivity index (χ3v) is 4.57. The fraction of sp³-hybridized carbons (Fsp3) is 0.611. The van der Waals surface area contributed by atoms with Crippen LogP contribution in [0.2, 0.25) is 5.02 Å². The fourth-order valence-electron chi connectivity index (χ4n) is 2.97. The van der Waals surface area contributed by atoms with E-state index in [1.54, 1.807) is 7.05 Å². The Labute approximate surface area is 173 Å². The van der Waals surface area contributed by atoms with E-state index in [0.717, 1.165) is 18.7 Å². The van der Waals surface area contributed by atoms with Crippen molar-refractivity contribution < 1.29 is 18.0 Å². The molecule has 1 atom stereocenters. The lowest BCUT2D eigenvalue weighted by atomic mass is 10.2. The molecule has 1 aromatic rings. The summed E-state index contributed by atoms with van der Waals surface area (Å²) in [4.78, 5) is 21.6. The summed E-state index contributed by atoms with van der Waals surface area (Å²) in [7, 11) is 1.63. The Kier molecular flexibility index (Phi) is 7.95. The van der Waals surface area contributed by atoms with Crippen molar-refractivity contribution in [2.75, 3.05) is 31.6 Å². The highest BCUT2D eigenvalue weighted by Crippen LogP contribution is 2.34. The molecule has 1 saturated heterocycles. The van der Waals surface area contributed by atoms with Crippen LogP contribution in [0.5, 0.6) is 0 Å². The second kappa shape index (κ2) is 10.00. The summed E-state index contributed by atoms with van der Waals surface area (Å²) in [5.74, 6) is 0.843. The van der Waals surface area contributed by atoms with Gasteiger partial charge in [-0.15, -0.1) is 0 Å². The average Bonchev–Trinajstić information content (AvgIpc) is 3.07. The van der Waals surface area contributed by atoms with Crippen molar-refractivity contribution in [3.8, 4) is 0 Å². The number of hydrogen-bond acceptors (Lipinski definition) is 4. The number of pyridine rings is 1. The fourth-order valence-corrected chi connectivity index (χ4v) is 3.25. The van der Waals surface area contributed by atoms with Gasteiger partial charge in [-0.2, -0.15) is 13.2 Å². The quantitative estimate of drug-likeness (QED) is 0.473. The first kappa shape index (κ1) is 23.1. The number of rotatable bonds is 6. The molecule has 7 nitrogen and oxygen atoms in total. The van der Waals surface area contributed by atoms with Gasteiger partial charge >= 0.3 is 6.18 Å². The maximum absolute atomic E-state index is 12.8. The third kappa shape index (κ3) is 6.95. The van der Waals surface area contributed by atoms with Crippen LogP contribution in [0, 0.1) is 0 Å². The van der Waals surface area contributed by atoms with Gasteiger partial charge in [-0.25, -0.2) is 4.98 Å². The zero-order valence-electron chi connectivity index (χ0n) is 16.6. The second-order valence-corrected chi connectivity index (χ2v) is 7.48. The van der Waals surface area contributed by atoms with Gasteiger partial charge in [-0.05, 0) is 26.3 Å². The molecule has 11 heteroatoms. The van der Waals surface area contributed by atoms with Crippen LogP contribution in [0.25, 0.3) is 0 Å². The molecule has 1 aliphatic heterocycles. The summed E-state index contributed by atoms with van der Waals surface area (Å²) in [6.07, 6.45) is -2.62. The summed E-state index contributed by atoms with van der Waals surface area (Å²) in [6, 6.07) is 1.01. The van der Waals surface area contributed by atoms with Gasteiger partial charge in [0.2, 0.25) is 5.91 Å². The van der Waals surface area contributed by atoms with Gasteiger partial charge < -0.3 is 20.9 Å². The molecule has 0 aromatic carbocycles. The number of amides is 1. The van der Waals surface area contributed by atoms with Gasteiger partial charge in [0.25, 0.3) is 0 Å². The molecule has 3 N–H and O–H groups in total. The molecule has 1 aromatic heterocycles. The molecule has 0 saturated carbocycles. The summed E-state index contributed by atoms with van der Waals surface area (Å²) in [5, 5.41) is 9.12. The standard InChI is InChI=1S/C18H26ClF3N6O/c1-11(2)26-15(29)4-6-24-17(23-3)27-13-5-7-28(10-13)16-14(19)8-12(9-25-16)18(20,21)22/h8-9,11,13H,4-7,10H2,1-3H3,(H,26,29)(H2,23,24,27). The van der Waals surface area contributed by atoms with Crippen LogP contribution >= 0.6 is 11.6 Å². The maximum Gasteiger partial charge on any atom is 0.417 e. The lowest BCUT2D eigenvalue weighted by Crippen LogP contribution is -2.45. The van der Waals surface area contributed by atoms with E-state index in [9.17, 15) is 18.0 Å². The van der Waals surface area contributed by atoms with Crippen LogP contribution < -0.4 is 20.9 Å². The van der Waals surface area contributed by atoms with Crippen LogP contribution in [-0.4, -0.2) is 55.6 Å². The van der Waals surface area contributed by atoms with E-state index in [4.69, 9.17) is 11.6 Å². The molecule has 0 bridgehead atoms. The van der Waals surface area contributed by atoms with Crippen LogP contribution in [-0.2, 0) is 11.0 Å². The predicted octanol–water partition coefficient (Wildman–Crippen LogP) is 2.41. The molecule has 29 heavy (non-hydrogen) atoms. The van der Waals surface area contributed by atoms with Gasteiger partial charge in [0.15, 0.2) is 5.96 Å². The van der Waals surface area contributed by atoms with E-state index in [0.29, 0.717) is 37.8 Å². The van der Waals surface area contributed by atoms with Gasteiger partial charge in [0, 0.05) is 51.4 Å².